The van der Waals surface area contributed by atoms with E-state index < -0.39 is 5.82 Å². The standard InChI is InChI=1S/C24H18ClFN6OS/c1-12-3-5-15-14(7-8-28-22(15)31-13-4-6-18(26)17(25)9-13)19(12)32-24(33)16-10-34-21-20(16)29-11-30-23(21)27-2/h3-11,25H,1-2H3,(H2-,27,28,29,30,31,32,33)/p+1. The Morgan fingerprint density at radius 1 is 1.06 bits per heavy atom. The molecule has 0 fully saturated rings. The molecule has 0 aliphatic heterocycles. The van der Waals surface area contributed by atoms with Gasteiger partial charge in [0.05, 0.1) is 21.5 Å². The van der Waals surface area contributed by atoms with Crippen LogP contribution in [0.25, 0.3) is 21.0 Å². The molecule has 2 aromatic carbocycles. The molecule has 0 saturated carbocycles. The van der Waals surface area contributed by atoms with Gasteiger partial charge in [-0.25, -0.2) is 19.3 Å². The Labute approximate surface area is 203 Å². The highest BCUT2D eigenvalue weighted by molar-refractivity contribution is 7.18. The molecule has 0 bridgehead atoms. The van der Waals surface area contributed by atoms with Gasteiger partial charge < -0.3 is 16.0 Å². The van der Waals surface area contributed by atoms with Gasteiger partial charge in [0.25, 0.3) is 10.9 Å². The van der Waals surface area contributed by atoms with Gasteiger partial charge in [-0.3, -0.25) is 4.79 Å². The topological polar surface area (TPSA) is 91.8 Å². The van der Waals surface area contributed by atoms with Crippen LogP contribution in [-0.2, 0) is 0 Å². The Bertz CT molecular complexity index is 1570. The first-order valence-corrected chi connectivity index (χ1v) is 11.6. The van der Waals surface area contributed by atoms with Crippen molar-refractivity contribution in [1.29, 1.82) is 0 Å². The highest BCUT2D eigenvalue weighted by atomic mass is 35.5. The fourth-order valence-electron chi connectivity index (χ4n) is 3.72. The number of thiophene rings is 1. The van der Waals surface area contributed by atoms with Crippen LogP contribution in [0.4, 0.5) is 27.4 Å². The molecule has 0 aliphatic rings. The van der Waals surface area contributed by atoms with Crippen molar-refractivity contribution in [3.63, 3.8) is 0 Å². The molecule has 5 rings (SSSR count). The first kappa shape index (κ1) is 22.0. The Morgan fingerprint density at radius 3 is 2.71 bits per heavy atom. The minimum atomic E-state index is -0.444. The quantitative estimate of drug-likeness (QED) is 0.303. The summed E-state index contributed by atoms with van der Waals surface area (Å²) in [5.41, 5.74) is 3.28. The summed E-state index contributed by atoms with van der Waals surface area (Å²) >= 11 is 6.45. The lowest BCUT2D eigenvalue weighted by Crippen LogP contribution is -2.13. The zero-order valence-electron chi connectivity index (χ0n) is 18.1. The number of carbonyl (C=O) groups excluding carboxylic acids is 1. The number of anilines is 4. The third kappa shape index (κ3) is 3.89. The Hall–Kier alpha value is -3.82. The average Bonchev–Trinajstić information content (AvgIpc) is 3.28. The number of nitrogens with one attached hydrogen (secondary N) is 3. The van der Waals surface area contributed by atoms with Crippen molar-refractivity contribution < 1.29 is 20.8 Å². The summed E-state index contributed by atoms with van der Waals surface area (Å²) in [6, 6.07) is 10.2. The molecule has 10 heteroatoms. The van der Waals surface area contributed by atoms with Crippen LogP contribution in [0, 0.1) is 24.3 Å². The minimum absolute atomic E-state index is 0.127. The lowest BCUT2D eigenvalue weighted by molar-refractivity contribution is -0.293. The third-order valence-electron chi connectivity index (χ3n) is 5.42. The minimum Gasteiger partial charge on any atom is -0.372 e. The first-order chi connectivity index (χ1) is 16.5. The van der Waals surface area contributed by atoms with E-state index in [9.17, 15) is 9.18 Å². The highest BCUT2D eigenvalue weighted by Crippen LogP contribution is 2.34. The molecule has 7 nitrogen and oxygen atoms in total. The second kappa shape index (κ2) is 8.85. The number of hydrogen-bond acceptors (Lipinski definition) is 7. The van der Waals surface area contributed by atoms with Gasteiger partial charge in [-0.2, -0.15) is 0 Å². The zero-order chi connectivity index (χ0) is 23.8. The number of carbonyl (C=O) groups is 1. The smallest absolute Gasteiger partial charge is 0.263 e. The Morgan fingerprint density at radius 2 is 1.91 bits per heavy atom. The van der Waals surface area contributed by atoms with Crippen molar-refractivity contribution >= 4 is 61.2 Å². The lowest BCUT2D eigenvalue weighted by atomic mass is 10.0. The van der Waals surface area contributed by atoms with E-state index in [2.05, 4.69) is 30.9 Å². The molecular formula is C24H19ClFN6OS+. The van der Waals surface area contributed by atoms with Gasteiger partial charge in [0, 0.05) is 41.2 Å². The molecule has 0 radical (unpaired) electrons. The zero-order valence-corrected chi connectivity index (χ0v) is 19.8. The number of halogens is 2. The van der Waals surface area contributed by atoms with E-state index in [1.54, 1.807) is 30.8 Å². The molecule has 170 valence electrons. The maximum atomic E-state index is 13.6. The molecular weight excluding hydrogens is 475 g/mol. The van der Waals surface area contributed by atoms with Crippen molar-refractivity contribution in [2.75, 3.05) is 23.0 Å². The van der Waals surface area contributed by atoms with Crippen LogP contribution < -0.4 is 16.0 Å². The van der Waals surface area contributed by atoms with Crippen molar-refractivity contribution in [3.05, 3.63) is 76.3 Å². The van der Waals surface area contributed by atoms with Crippen LogP contribution >= 0.6 is 11.3 Å². The van der Waals surface area contributed by atoms with Gasteiger partial charge in [-0.05, 0) is 30.7 Å². The summed E-state index contributed by atoms with van der Waals surface area (Å²) in [6.07, 6.45) is 3.10. The number of hydrogen-bond donors (Lipinski definition) is 3. The van der Waals surface area contributed by atoms with Gasteiger partial charge in [0.2, 0.25) is 0 Å². The Kier molecular flexibility index (Phi) is 5.72. The van der Waals surface area contributed by atoms with E-state index in [4.69, 9.17) is 11.6 Å². The van der Waals surface area contributed by atoms with E-state index in [1.165, 1.54) is 23.7 Å². The average molecular weight is 494 g/mol. The van der Waals surface area contributed by atoms with Crippen LogP contribution in [0.3, 0.4) is 0 Å². The molecule has 0 atom stereocenters. The van der Waals surface area contributed by atoms with E-state index >= 15 is 0 Å². The predicted octanol–water partition coefficient (Wildman–Crippen LogP) is 5.42. The summed E-state index contributed by atoms with van der Waals surface area (Å²) < 4.78 is 14.4. The number of nitrogens with zero attached hydrogens (tertiary/aromatic N) is 3. The fourth-order valence-corrected chi connectivity index (χ4v) is 4.91. The van der Waals surface area contributed by atoms with E-state index in [0.717, 1.165) is 21.0 Å². The number of amides is 1. The van der Waals surface area contributed by atoms with Gasteiger partial charge in [-0.15, -0.1) is 11.3 Å². The number of aryl methyl sites for hydroxylation is 1. The van der Waals surface area contributed by atoms with Gasteiger partial charge in [0.1, 0.15) is 18.0 Å². The predicted molar refractivity (Wildman–Crippen MR) is 132 cm³/mol. The molecule has 1 amide bonds. The molecule has 3 N–H and O–H groups in total. The highest BCUT2D eigenvalue weighted by Gasteiger charge is 2.19. The number of rotatable bonds is 5. The summed E-state index contributed by atoms with van der Waals surface area (Å²) in [4.78, 5) is 26.2. The molecule has 34 heavy (non-hydrogen) atoms. The number of pyridine rings is 1. The van der Waals surface area contributed by atoms with Crippen LogP contribution in [0.5, 0.6) is 0 Å². The molecule has 0 unspecified atom stereocenters. The molecule has 0 aliphatic carbocycles. The lowest BCUT2D eigenvalue weighted by Gasteiger charge is -2.14. The van der Waals surface area contributed by atoms with Crippen LogP contribution in [0.1, 0.15) is 15.9 Å². The molecule has 0 saturated heterocycles. The van der Waals surface area contributed by atoms with Crippen molar-refractivity contribution in [1.82, 2.24) is 15.0 Å². The molecule has 0 spiro atoms. The van der Waals surface area contributed by atoms with Gasteiger partial charge in [-0.1, -0.05) is 12.1 Å². The number of aromatic nitrogens is 3. The largest absolute Gasteiger partial charge is 0.372 e. The van der Waals surface area contributed by atoms with Crippen molar-refractivity contribution in [3.8, 4) is 0 Å². The van der Waals surface area contributed by atoms with Gasteiger partial charge in [0.15, 0.2) is 17.4 Å². The normalized spacial score (nSPS) is 11.1. The first-order valence-electron chi connectivity index (χ1n) is 10.3. The second-order valence-corrected chi connectivity index (χ2v) is 8.86. The number of benzene rings is 2. The van der Waals surface area contributed by atoms with Crippen LogP contribution in [0.2, 0.25) is 5.02 Å². The van der Waals surface area contributed by atoms with Gasteiger partial charge >= 0.3 is 0 Å². The van der Waals surface area contributed by atoms with E-state index in [1.807, 2.05) is 25.1 Å². The third-order valence-corrected chi connectivity index (χ3v) is 6.71. The van der Waals surface area contributed by atoms with E-state index in [-0.39, 0.29) is 10.9 Å². The van der Waals surface area contributed by atoms with Crippen LogP contribution in [0.15, 0.2) is 54.3 Å². The summed E-state index contributed by atoms with van der Waals surface area (Å²) in [6.45, 7) is 1.93. The second-order valence-electron chi connectivity index (χ2n) is 7.54. The number of fused-ring (bicyclic) bond motifs is 2. The van der Waals surface area contributed by atoms with Crippen molar-refractivity contribution in [2.45, 2.75) is 6.92 Å². The maximum absolute atomic E-state index is 13.6. The molecule has 3 heterocycles. The monoisotopic (exact) mass is 493 g/mol. The van der Waals surface area contributed by atoms with E-state index in [0.29, 0.717) is 34.1 Å². The molecule has 5 aromatic rings. The SMILES string of the molecule is CNc1ncnc2c(C(=O)Nc3c(C)ccc4c(Nc5ccc(F)c([ClH+])c5)nccc34)csc12. The fraction of sp³-hybridized carbons (Fsp3) is 0.0833. The summed E-state index contributed by atoms with van der Waals surface area (Å²) in [5, 5.41) is 12.8. The maximum Gasteiger partial charge on any atom is 0.263 e. The summed E-state index contributed by atoms with van der Waals surface area (Å²) in [7, 11) is 1.78. The molecule has 3 aromatic heterocycles. The Balaban J connectivity index is 1.53. The van der Waals surface area contributed by atoms with Crippen LogP contribution in [-0.4, -0.2) is 27.9 Å². The van der Waals surface area contributed by atoms with Crippen molar-refractivity contribution in [2.24, 2.45) is 0 Å². The summed E-state index contributed by atoms with van der Waals surface area (Å²) in [5.74, 6) is 0.546.